The summed E-state index contributed by atoms with van der Waals surface area (Å²) in [7, 11) is 0. The van der Waals surface area contributed by atoms with Gasteiger partial charge in [-0.25, -0.2) is 0 Å². The lowest BCUT2D eigenvalue weighted by atomic mass is 9.87. The Hall–Kier alpha value is -0.340. The highest BCUT2D eigenvalue weighted by atomic mass is 15.2. The van der Waals surface area contributed by atoms with Crippen LogP contribution in [0.25, 0.3) is 0 Å². The molecule has 1 atom stereocenters. The quantitative estimate of drug-likeness (QED) is 0.564. The van der Waals surface area contributed by atoms with E-state index in [-0.39, 0.29) is 0 Å². The van der Waals surface area contributed by atoms with Crippen molar-refractivity contribution in [2.45, 2.75) is 26.8 Å². The molecule has 0 aromatic heterocycles. The zero-order chi connectivity index (χ0) is 9.47. The summed E-state index contributed by atoms with van der Waals surface area (Å²) in [5.74, 6) is 0. The van der Waals surface area contributed by atoms with Gasteiger partial charge in [0.2, 0.25) is 0 Å². The average molecular weight is 180 g/mol. The molecule has 1 saturated heterocycles. The van der Waals surface area contributed by atoms with Gasteiger partial charge in [-0.3, -0.25) is 4.90 Å². The number of hydrogen-bond donors (Lipinski definition) is 1. The van der Waals surface area contributed by atoms with E-state index < -0.39 is 0 Å². The fourth-order valence-corrected chi connectivity index (χ4v) is 2.12. The van der Waals surface area contributed by atoms with Gasteiger partial charge in [-0.15, -0.1) is 0 Å². The normalized spacial score (nSPS) is 30.1. The highest BCUT2D eigenvalue weighted by molar-refractivity contribution is 5.23. The average Bonchev–Trinajstić information content (AvgIpc) is 2.45. The molecule has 2 aliphatic rings. The summed E-state index contributed by atoms with van der Waals surface area (Å²) in [5, 5.41) is 3.44. The summed E-state index contributed by atoms with van der Waals surface area (Å²) in [6.07, 6.45) is 2.46. The van der Waals surface area contributed by atoms with Crippen molar-refractivity contribution in [2.75, 3.05) is 26.2 Å². The Morgan fingerprint density at radius 3 is 2.85 bits per heavy atom. The third kappa shape index (κ3) is 1.79. The van der Waals surface area contributed by atoms with Crippen molar-refractivity contribution in [3.05, 3.63) is 11.6 Å². The molecule has 0 aliphatic carbocycles. The van der Waals surface area contributed by atoms with Crippen LogP contribution in [0, 0.1) is 5.41 Å². The topological polar surface area (TPSA) is 15.3 Å². The Bertz CT molecular complexity index is 225. The highest BCUT2D eigenvalue weighted by Gasteiger charge is 2.31. The predicted molar refractivity (Wildman–Crippen MR) is 55.8 cm³/mol. The number of hydrogen-bond acceptors (Lipinski definition) is 2. The molecule has 0 radical (unpaired) electrons. The van der Waals surface area contributed by atoms with E-state index in [9.17, 15) is 0 Å². The van der Waals surface area contributed by atoms with Crippen molar-refractivity contribution in [3.63, 3.8) is 0 Å². The van der Waals surface area contributed by atoms with E-state index in [1.807, 2.05) is 0 Å². The van der Waals surface area contributed by atoms with Gasteiger partial charge in [0.25, 0.3) is 0 Å². The fourth-order valence-electron chi connectivity index (χ4n) is 2.12. The number of nitrogens with zero attached hydrogens (tertiary/aromatic N) is 1. The van der Waals surface area contributed by atoms with Gasteiger partial charge < -0.3 is 5.32 Å². The van der Waals surface area contributed by atoms with Crippen molar-refractivity contribution in [1.82, 2.24) is 10.2 Å². The summed E-state index contributed by atoms with van der Waals surface area (Å²) >= 11 is 0. The lowest BCUT2D eigenvalue weighted by Crippen LogP contribution is -2.48. The van der Waals surface area contributed by atoms with Crippen molar-refractivity contribution >= 4 is 0 Å². The standard InChI is InChI=1S/C11H20N2/c1-11(2,3)9-6-10-7-12-4-5-13(10)8-9/h6,10,12H,4-5,7-8H2,1-3H3/t10-/m0/s1. The minimum atomic E-state index is 0.358. The summed E-state index contributed by atoms with van der Waals surface area (Å²) < 4.78 is 0. The summed E-state index contributed by atoms with van der Waals surface area (Å²) in [6, 6.07) is 0.669. The summed E-state index contributed by atoms with van der Waals surface area (Å²) in [6.45, 7) is 11.6. The Morgan fingerprint density at radius 2 is 2.23 bits per heavy atom. The molecule has 2 rings (SSSR count). The third-order valence-electron chi connectivity index (χ3n) is 3.13. The van der Waals surface area contributed by atoms with Crippen LogP contribution < -0.4 is 5.32 Å². The second-order valence-electron chi connectivity index (χ2n) is 5.18. The van der Waals surface area contributed by atoms with E-state index in [1.165, 1.54) is 13.1 Å². The van der Waals surface area contributed by atoms with Crippen LogP contribution in [0.2, 0.25) is 0 Å². The zero-order valence-electron chi connectivity index (χ0n) is 8.93. The first-order valence-electron chi connectivity index (χ1n) is 5.23. The fraction of sp³-hybridized carbons (Fsp3) is 0.818. The van der Waals surface area contributed by atoms with Gasteiger partial charge in [-0.05, 0) is 5.41 Å². The molecule has 2 aliphatic heterocycles. The van der Waals surface area contributed by atoms with Gasteiger partial charge >= 0.3 is 0 Å². The molecule has 2 nitrogen and oxygen atoms in total. The molecule has 0 saturated carbocycles. The van der Waals surface area contributed by atoms with Crippen molar-refractivity contribution in [3.8, 4) is 0 Å². The zero-order valence-corrected chi connectivity index (χ0v) is 8.93. The molecule has 13 heavy (non-hydrogen) atoms. The van der Waals surface area contributed by atoms with Crippen LogP contribution in [-0.4, -0.2) is 37.1 Å². The first kappa shape index (κ1) is 9.22. The maximum Gasteiger partial charge on any atom is 0.0410 e. The number of piperazine rings is 1. The van der Waals surface area contributed by atoms with E-state index in [0.717, 1.165) is 13.1 Å². The molecule has 1 fully saturated rings. The lowest BCUT2D eigenvalue weighted by molar-refractivity contribution is 0.222. The van der Waals surface area contributed by atoms with Crippen LogP contribution in [-0.2, 0) is 0 Å². The monoisotopic (exact) mass is 180 g/mol. The van der Waals surface area contributed by atoms with E-state index in [2.05, 4.69) is 37.1 Å². The molecule has 0 aromatic carbocycles. The first-order valence-corrected chi connectivity index (χ1v) is 5.23. The van der Waals surface area contributed by atoms with Crippen LogP contribution in [0.1, 0.15) is 20.8 Å². The molecule has 2 heteroatoms. The van der Waals surface area contributed by atoms with Crippen LogP contribution in [0.15, 0.2) is 11.6 Å². The van der Waals surface area contributed by atoms with Gasteiger partial charge in [0.15, 0.2) is 0 Å². The minimum absolute atomic E-state index is 0.358. The number of nitrogens with one attached hydrogen (secondary N) is 1. The molecular formula is C11H20N2. The van der Waals surface area contributed by atoms with Crippen LogP contribution in [0.4, 0.5) is 0 Å². The maximum atomic E-state index is 3.44. The van der Waals surface area contributed by atoms with E-state index >= 15 is 0 Å². The third-order valence-corrected chi connectivity index (χ3v) is 3.13. The van der Waals surface area contributed by atoms with Gasteiger partial charge in [0.1, 0.15) is 0 Å². The lowest BCUT2D eigenvalue weighted by Gasteiger charge is -2.30. The predicted octanol–water partition coefficient (Wildman–Crippen LogP) is 1.25. The Morgan fingerprint density at radius 1 is 1.46 bits per heavy atom. The number of fused-ring (bicyclic) bond motifs is 1. The minimum Gasteiger partial charge on any atom is -0.314 e. The largest absolute Gasteiger partial charge is 0.314 e. The number of rotatable bonds is 0. The Balaban J connectivity index is 2.09. The van der Waals surface area contributed by atoms with Crippen LogP contribution in [0.3, 0.4) is 0 Å². The van der Waals surface area contributed by atoms with Crippen molar-refractivity contribution in [2.24, 2.45) is 5.41 Å². The molecule has 0 amide bonds. The molecule has 2 heterocycles. The molecular weight excluding hydrogens is 160 g/mol. The van der Waals surface area contributed by atoms with Crippen molar-refractivity contribution in [1.29, 1.82) is 0 Å². The molecule has 1 N–H and O–H groups in total. The smallest absolute Gasteiger partial charge is 0.0410 e. The van der Waals surface area contributed by atoms with Gasteiger partial charge in [0, 0.05) is 32.2 Å². The van der Waals surface area contributed by atoms with Crippen LogP contribution >= 0.6 is 0 Å². The second-order valence-corrected chi connectivity index (χ2v) is 5.18. The van der Waals surface area contributed by atoms with Crippen LogP contribution in [0.5, 0.6) is 0 Å². The van der Waals surface area contributed by atoms with Crippen molar-refractivity contribution < 1.29 is 0 Å². The van der Waals surface area contributed by atoms with E-state index in [4.69, 9.17) is 0 Å². The first-order chi connectivity index (χ1) is 6.07. The Kier molecular flexibility index (Phi) is 2.20. The summed E-state index contributed by atoms with van der Waals surface area (Å²) in [5.41, 5.74) is 1.97. The Labute approximate surface area is 81.0 Å². The summed E-state index contributed by atoms with van der Waals surface area (Å²) in [4.78, 5) is 2.58. The van der Waals surface area contributed by atoms with E-state index in [0.29, 0.717) is 11.5 Å². The molecule has 0 aromatic rings. The maximum absolute atomic E-state index is 3.44. The van der Waals surface area contributed by atoms with Gasteiger partial charge in [0.05, 0.1) is 0 Å². The molecule has 74 valence electrons. The molecule has 0 unspecified atom stereocenters. The molecule has 0 bridgehead atoms. The van der Waals surface area contributed by atoms with Gasteiger partial charge in [-0.2, -0.15) is 0 Å². The highest BCUT2D eigenvalue weighted by Crippen LogP contribution is 2.31. The second kappa shape index (κ2) is 3.10. The molecule has 0 spiro atoms. The van der Waals surface area contributed by atoms with Gasteiger partial charge in [-0.1, -0.05) is 32.4 Å². The SMILES string of the molecule is CC(C)(C)C1=C[C@H]2CNCCN2C1. The van der Waals surface area contributed by atoms with E-state index in [1.54, 1.807) is 5.57 Å².